The maximum Gasteiger partial charge on any atom is 0.295 e. The predicted molar refractivity (Wildman–Crippen MR) is 75.9 cm³/mol. The van der Waals surface area contributed by atoms with Crippen molar-refractivity contribution >= 4 is 17.1 Å². The summed E-state index contributed by atoms with van der Waals surface area (Å²) in [6.45, 7) is 0.580. The van der Waals surface area contributed by atoms with Crippen LogP contribution in [0.5, 0.6) is 0 Å². The number of para-hydroxylation sites is 2. The van der Waals surface area contributed by atoms with Gasteiger partial charge in [-0.15, -0.1) is 0 Å². The van der Waals surface area contributed by atoms with Crippen LogP contribution in [0.25, 0.3) is 11.1 Å². The van der Waals surface area contributed by atoms with E-state index >= 15 is 0 Å². The molecule has 2 aromatic carbocycles. The Balaban J connectivity index is 1.69. The number of anilines is 1. The fourth-order valence-electron chi connectivity index (χ4n) is 1.96. The zero-order chi connectivity index (χ0) is 13.1. The van der Waals surface area contributed by atoms with Gasteiger partial charge in [-0.05, 0) is 17.7 Å². The third-order valence-electron chi connectivity index (χ3n) is 2.99. The van der Waals surface area contributed by atoms with Gasteiger partial charge in [0, 0.05) is 12.6 Å². The first kappa shape index (κ1) is 11.7. The normalized spacial score (nSPS) is 12.5. The quantitative estimate of drug-likeness (QED) is 0.750. The maximum atomic E-state index is 6.11. The van der Waals surface area contributed by atoms with Gasteiger partial charge < -0.3 is 15.5 Å². The molecule has 0 aliphatic rings. The molecule has 1 atom stereocenters. The lowest BCUT2D eigenvalue weighted by atomic mass is 10.1. The minimum absolute atomic E-state index is 0.0868. The number of benzene rings is 2. The van der Waals surface area contributed by atoms with Gasteiger partial charge in [-0.3, -0.25) is 0 Å². The van der Waals surface area contributed by atoms with E-state index < -0.39 is 0 Å². The number of hydrogen-bond donors (Lipinski definition) is 2. The molecule has 0 spiro atoms. The first-order chi connectivity index (χ1) is 9.33. The Morgan fingerprint density at radius 1 is 1.05 bits per heavy atom. The summed E-state index contributed by atoms with van der Waals surface area (Å²) in [4.78, 5) is 4.35. The summed E-state index contributed by atoms with van der Waals surface area (Å²) in [7, 11) is 0. The fraction of sp³-hybridized carbons (Fsp3) is 0.133. The van der Waals surface area contributed by atoms with E-state index in [9.17, 15) is 0 Å². The Labute approximate surface area is 111 Å². The number of nitrogens with one attached hydrogen (secondary N) is 1. The SMILES string of the molecule is NC(CNc1nc2ccccc2o1)c1ccccc1. The van der Waals surface area contributed by atoms with Crippen molar-refractivity contribution in [3.63, 3.8) is 0 Å². The van der Waals surface area contributed by atoms with Crippen LogP contribution in [0, 0.1) is 0 Å². The number of fused-ring (bicyclic) bond motifs is 1. The molecule has 1 heterocycles. The van der Waals surface area contributed by atoms with Gasteiger partial charge in [-0.2, -0.15) is 4.98 Å². The van der Waals surface area contributed by atoms with E-state index in [4.69, 9.17) is 10.2 Å². The number of nitrogens with two attached hydrogens (primary N) is 1. The summed E-state index contributed by atoms with van der Waals surface area (Å²) in [6, 6.07) is 18.1. The molecule has 0 aliphatic heterocycles. The minimum atomic E-state index is -0.0868. The van der Waals surface area contributed by atoms with Gasteiger partial charge in [0.2, 0.25) is 0 Å². The highest BCUT2D eigenvalue weighted by atomic mass is 16.4. The Morgan fingerprint density at radius 3 is 2.58 bits per heavy atom. The first-order valence-corrected chi connectivity index (χ1v) is 6.23. The largest absolute Gasteiger partial charge is 0.424 e. The molecular formula is C15H15N3O. The molecule has 19 heavy (non-hydrogen) atoms. The number of oxazole rings is 1. The second-order valence-electron chi connectivity index (χ2n) is 4.38. The summed E-state index contributed by atoms with van der Waals surface area (Å²) in [5, 5.41) is 3.13. The van der Waals surface area contributed by atoms with Gasteiger partial charge in [0.1, 0.15) is 5.52 Å². The highest BCUT2D eigenvalue weighted by Gasteiger charge is 2.08. The zero-order valence-corrected chi connectivity index (χ0v) is 10.4. The number of nitrogens with zero attached hydrogens (tertiary/aromatic N) is 1. The van der Waals surface area contributed by atoms with Crippen LogP contribution >= 0.6 is 0 Å². The molecule has 4 nitrogen and oxygen atoms in total. The Kier molecular flexibility index (Phi) is 3.16. The molecule has 0 saturated heterocycles. The van der Waals surface area contributed by atoms with E-state index in [0.717, 1.165) is 16.7 Å². The molecule has 3 aromatic rings. The van der Waals surface area contributed by atoms with Gasteiger partial charge in [0.05, 0.1) is 0 Å². The van der Waals surface area contributed by atoms with Crippen molar-refractivity contribution in [2.24, 2.45) is 5.73 Å². The average molecular weight is 253 g/mol. The van der Waals surface area contributed by atoms with Gasteiger partial charge in [0.15, 0.2) is 5.58 Å². The van der Waals surface area contributed by atoms with Crippen molar-refractivity contribution in [2.45, 2.75) is 6.04 Å². The van der Waals surface area contributed by atoms with Crippen molar-refractivity contribution in [3.05, 3.63) is 60.2 Å². The smallest absolute Gasteiger partial charge is 0.295 e. The van der Waals surface area contributed by atoms with Crippen LogP contribution in [0.2, 0.25) is 0 Å². The van der Waals surface area contributed by atoms with Gasteiger partial charge in [0.25, 0.3) is 6.01 Å². The monoisotopic (exact) mass is 253 g/mol. The highest BCUT2D eigenvalue weighted by molar-refractivity contribution is 5.74. The van der Waals surface area contributed by atoms with E-state index in [1.807, 2.05) is 54.6 Å². The van der Waals surface area contributed by atoms with E-state index in [-0.39, 0.29) is 6.04 Å². The molecule has 0 radical (unpaired) electrons. The van der Waals surface area contributed by atoms with E-state index in [0.29, 0.717) is 12.6 Å². The molecule has 3 N–H and O–H groups in total. The minimum Gasteiger partial charge on any atom is -0.424 e. The Bertz CT molecular complexity index is 630. The molecule has 0 amide bonds. The molecule has 4 heteroatoms. The van der Waals surface area contributed by atoms with E-state index in [1.165, 1.54) is 0 Å². The molecule has 0 bridgehead atoms. The van der Waals surface area contributed by atoms with Gasteiger partial charge >= 0.3 is 0 Å². The molecule has 0 saturated carbocycles. The van der Waals surface area contributed by atoms with Gasteiger partial charge in [-0.1, -0.05) is 42.5 Å². The van der Waals surface area contributed by atoms with Crippen molar-refractivity contribution in [3.8, 4) is 0 Å². The van der Waals surface area contributed by atoms with Crippen LogP contribution in [0.15, 0.2) is 59.0 Å². The average Bonchev–Trinajstić information content (AvgIpc) is 2.88. The van der Waals surface area contributed by atoms with Crippen molar-refractivity contribution < 1.29 is 4.42 Å². The standard InChI is InChI=1S/C15H15N3O/c16-12(11-6-2-1-3-7-11)10-17-15-18-13-8-4-5-9-14(13)19-15/h1-9,12H,10,16H2,(H,17,18). The van der Waals surface area contributed by atoms with Crippen LogP contribution in [0.1, 0.15) is 11.6 Å². The predicted octanol–water partition coefficient (Wildman–Crippen LogP) is 2.94. The van der Waals surface area contributed by atoms with Gasteiger partial charge in [-0.25, -0.2) is 0 Å². The Morgan fingerprint density at radius 2 is 1.79 bits per heavy atom. The van der Waals surface area contributed by atoms with Crippen molar-refractivity contribution in [2.75, 3.05) is 11.9 Å². The lowest BCUT2D eigenvalue weighted by Gasteiger charge is -2.11. The Hall–Kier alpha value is -2.33. The highest BCUT2D eigenvalue weighted by Crippen LogP contribution is 2.18. The fourth-order valence-corrected chi connectivity index (χ4v) is 1.96. The van der Waals surface area contributed by atoms with Crippen LogP contribution in [-0.4, -0.2) is 11.5 Å². The van der Waals surface area contributed by atoms with Crippen molar-refractivity contribution in [1.82, 2.24) is 4.98 Å². The van der Waals surface area contributed by atoms with Crippen LogP contribution in [0.3, 0.4) is 0 Å². The van der Waals surface area contributed by atoms with Crippen LogP contribution in [0.4, 0.5) is 6.01 Å². The van der Waals surface area contributed by atoms with Crippen LogP contribution < -0.4 is 11.1 Å². The number of hydrogen-bond acceptors (Lipinski definition) is 4. The zero-order valence-electron chi connectivity index (χ0n) is 10.4. The van der Waals surface area contributed by atoms with Crippen molar-refractivity contribution in [1.29, 1.82) is 0 Å². The third kappa shape index (κ3) is 2.58. The topological polar surface area (TPSA) is 64.1 Å². The summed E-state index contributed by atoms with van der Waals surface area (Å²) < 4.78 is 5.58. The molecular weight excluding hydrogens is 238 g/mol. The molecule has 0 aliphatic carbocycles. The number of rotatable bonds is 4. The number of aromatic nitrogens is 1. The third-order valence-corrected chi connectivity index (χ3v) is 2.99. The van der Waals surface area contributed by atoms with E-state index in [2.05, 4.69) is 10.3 Å². The summed E-state index contributed by atoms with van der Waals surface area (Å²) >= 11 is 0. The van der Waals surface area contributed by atoms with E-state index in [1.54, 1.807) is 0 Å². The summed E-state index contributed by atoms with van der Waals surface area (Å²) in [5.74, 6) is 0. The lowest BCUT2D eigenvalue weighted by Crippen LogP contribution is -2.20. The summed E-state index contributed by atoms with van der Waals surface area (Å²) in [5.41, 5.74) is 8.82. The first-order valence-electron chi connectivity index (χ1n) is 6.23. The summed E-state index contributed by atoms with van der Waals surface area (Å²) in [6.07, 6.45) is 0. The lowest BCUT2D eigenvalue weighted by molar-refractivity contribution is 0.606. The van der Waals surface area contributed by atoms with Crippen LogP contribution in [-0.2, 0) is 0 Å². The molecule has 0 fully saturated rings. The second kappa shape index (κ2) is 5.12. The molecule has 96 valence electrons. The molecule has 1 unspecified atom stereocenters. The maximum absolute atomic E-state index is 6.11. The molecule has 3 rings (SSSR count). The molecule has 1 aromatic heterocycles. The second-order valence-corrected chi connectivity index (χ2v) is 4.38.